The van der Waals surface area contributed by atoms with Crippen molar-refractivity contribution < 1.29 is 37.4 Å². The highest BCUT2D eigenvalue weighted by Gasteiger charge is 2.48. The molecule has 2 aliphatic heterocycles. The molecule has 13 heteroatoms. The molecule has 266 valence electrons. The fraction of sp³-hybridized carbons (Fsp3) is 0.378. The molecule has 1 saturated heterocycles. The van der Waals surface area contributed by atoms with Crippen LogP contribution in [0.5, 0.6) is 5.75 Å². The van der Waals surface area contributed by atoms with Crippen LogP contribution >= 0.6 is 11.6 Å². The number of fused-ring (bicyclic) bond motifs is 2. The summed E-state index contributed by atoms with van der Waals surface area (Å²) in [4.78, 5) is 39.7. The summed E-state index contributed by atoms with van der Waals surface area (Å²) in [5.74, 6) is -4.50. The number of rotatable bonds is 11. The predicted octanol–water partition coefficient (Wildman–Crippen LogP) is 5.33. The molecule has 1 aliphatic carbocycles. The molecule has 3 aliphatic rings. The van der Waals surface area contributed by atoms with E-state index in [1.165, 1.54) is 0 Å². The Bertz CT molecular complexity index is 1720. The molecule has 0 radical (unpaired) electrons. The van der Waals surface area contributed by atoms with E-state index in [1.807, 2.05) is 53.4 Å². The van der Waals surface area contributed by atoms with Gasteiger partial charge in [-0.3, -0.25) is 14.4 Å². The zero-order valence-corrected chi connectivity index (χ0v) is 28.3. The standard InChI is InChI=1S/C36H38ClF3N4O3.CH2O2/c1-21(41)35(45)44-20-26-17-25(23-10-8-22(9-11-23)5-4-16-47-34-30(39)15-14-29(38)32(34)40)18-31(42-26)33(44)36(46)43(27-12-13-27)19-24-6-2-3-7-28(24)37;2-1-3/h2-3,6-11,14-15,18,21,26-27,31,33,42H,4-5,12-13,16-17,19-20,41H2,1H3;1H,(H,2,3)/t21-,26-,31+,33?;/m0./s1. The third kappa shape index (κ3) is 8.66. The number of halogens is 4. The lowest BCUT2D eigenvalue weighted by molar-refractivity contribution is -0.150. The Kier molecular flexibility index (Phi) is 12.2. The van der Waals surface area contributed by atoms with Gasteiger partial charge in [0, 0.05) is 30.2 Å². The Morgan fingerprint density at radius 1 is 1.10 bits per heavy atom. The molecule has 9 nitrogen and oxygen atoms in total. The van der Waals surface area contributed by atoms with E-state index in [9.17, 15) is 22.8 Å². The normalized spacial score (nSPS) is 20.2. The molecule has 1 saturated carbocycles. The molecule has 4 atom stereocenters. The number of carboxylic acid groups (broad SMARTS) is 1. The van der Waals surface area contributed by atoms with Gasteiger partial charge in [-0.15, -0.1) is 0 Å². The number of ether oxygens (including phenoxy) is 1. The van der Waals surface area contributed by atoms with Gasteiger partial charge in [-0.2, -0.15) is 4.39 Å². The first-order valence-corrected chi connectivity index (χ1v) is 16.9. The maximum atomic E-state index is 14.4. The topological polar surface area (TPSA) is 125 Å². The smallest absolute Gasteiger partial charge is 0.290 e. The number of amides is 2. The van der Waals surface area contributed by atoms with E-state index in [1.54, 1.807) is 11.8 Å². The number of piperazine rings is 1. The summed E-state index contributed by atoms with van der Waals surface area (Å²) >= 11 is 6.48. The van der Waals surface area contributed by atoms with Gasteiger partial charge in [-0.1, -0.05) is 60.1 Å². The molecule has 4 N–H and O–H groups in total. The summed E-state index contributed by atoms with van der Waals surface area (Å²) in [6.07, 6.45) is 5.61. The van der Waals surface area contributed by atoms with Gasteiger partial charge in [0.05, 0.1) is 18.7 Å². The summed E-state index contributed by atoms with van der Waals surface area (Å²) in [6, 6.07) is 15.2. The molecule has 3 aromatic rings. The largest absolute Gasteiger partial charge is 0.488 e. The number of hydrogen-bond donors (Lipinski definition) is 3. The molecule has 1 unspecified atom stereocenters. The quantitative estimate of drug-likeness (QED) is 0.139. The second-order valence-corrected chi connectivity index (χ2v) is 13.1. The highest BCUT2D eigenvalue weighted by atomic mass is 35.5. The molecule has 0 aromatic heterocycles. The molecule has 50 heavy (non-hydrogen) atoms. The van der Waals surface area contributed by atoms with E-state index >= 15 is 0 Å². The fourth-order valence-electron chi connectivity index (χ4n) is 6.49. The van der Waals surface area contributed by atoms with Crippen molar-refractivity contribution in [3.05, 3.63) is 106 Å². The van der Waals surface area contributed by atoms with E-state index in [4.69, 9.17) is 32.0 Å². The molecule has 6 rings (SSSR count). The van der Waals surface area contributed by atoms with Crippen LogP contribution < -0.4 is 15.8 Å². The number of nitrogens with zero attached hydrogens (tertiary/aromatic N) is 2. The van der Waals surface area contributed by atoms with E-state index in [2.05, 4.69) is 11.4 Å². The van der Waals surface area contributed by atoms with Crippen LogP contribution in [0.2, 0.25) is 5.02 Å². The zero-order valence-electron chi connectivity index (χ0n) is 27.5. The van der Waals surface area contributed by atoms with E-state index in [-0.39, 0.29) is 37.0 Å². The summed E-state index contributed by atoms with van der Waals surface area (Å²) in [7, 11) is 0. The molecule has 0 spiro atoms. The third-order valence-corrected chi connectivity index (χ3v) is 9.41. The number of nitrogens with one attached hydrogen (secondary N) is 1. The van der Waals surface area contributed by atoms with Crippen LogP contribution in [0.3, 0.4) is 0 Å². The third-order valence-electron chi connectivity index (χ3n) is 9.05. The molecule has 2 amide bonds. The van der Waals surface area contributed by atoms with Crippen LogP contribution in [0.15, 0.2) is 66.7 Å². The van der Waals surface area contributed by atoms with Crippen molar-refractivity contribution in [3.63, 3.8) is 0 Å². The van der Waals surface area contributed by atoms with E-state index < -0.39 is 41.3 Å². The van der Waals surface area contributed by atoms with Crippen molar-refractivity contribution >= 4 is 35.5 Å². The Balaban J connectivity index is 0.00000156. The summed E-state index contributed by atoms with van der Waals surface area (Å²) in [6.45, 7) is 2.15. The van der Waals surface area contributed by atoms with Crippen molar-refractivity contribution in [2.45, 2.75) is 75.8 Å². The monoisotopic (exact) mass is 712 g/mol. The van der Waals surface area contributed by atoms with Gasteiger partial charge >= 0.3 is 0 Å². The van der Waals surface area contributed by atoms with E-state index in [0.29, 0.717) is 37.4 Å². The minimum absolute atomic E-state index is 0.0274. The van der Waals surface area contributed by atoms with Gasteiger partial charge in [0.1, 0.15) is 6.04 Å². The molecule has 2 bridgehead atoms. The molecular formula is C37H40ClF3N4O5. The van der Waals surface area contributed by atoms with Crippen LogP contribution in [0.4, 0.5) is 13.2 Å². The second kappa shape index (κ2) is 16.5. The van der Waals surface area contributed by atoms with Crippen molar-refractivity contribution in [3.8, 4) is 5.75 Å². The molecule has 3 aromatic carbocycles. The number of aryl methyl sites for hydroxylation is 1. The van der Waals surface area contributed by atoms with E-state index in [0.717, 1.165) is 47.2 Å². The number of benzene rings is 3. The van der Waals surface area contributed by atoms with Gasteiger partial charge in [0.25, 0.3) is 6.47 Å². The van der Waals surface area contributed by atoms with Gasteiger partial charge in [-0.25, -0.2) is 8.78 Å². The van der Waals surface area contributed by atoms with Crippen LogP contribution in [0.25, 0.3) is 5.57 Å². The molecule has 2 fully saturated rings. The average Bonchev–Trinajstić information content (AvgIpc) is 3.94. The van der Waals surface area contributed by atoms with Crippen molar-refractivity contribution in [2.75, 3.05) is 13.2 Å². The number of carbonyl (C=O) groups excluding carboxylic acids is 2. The lowest BCUT2D eigenvalue weighted by atomic mass is 9.85. The molecular weight excluding hydrogens is 673 g/mol. The summed E-state index contributed by atoms with van der Waals surface area (Å²) < 4.78 is 46.3. The Labute approximate surface area is 293 Å². The zero-order chi connectivity index (χ0) is 35.9. The summed E-state index contributed by atoms with van der Waals surface area (Å²) in [5, 5.41) is 11.1. The van der Waals surface area contributed by atoms with Gasteiger partial charge in [-0.05, 0) is 79.5 Å². The summed E-state index contributed by atoms with van der Waals surface area (Å²) in [5.41, 5.74) is 10.0. The van der Waals surface area contributed by atoms with Crippen molar-refractivity contribution in [2.24, 2.45) is 5.73 Å². The lowest BCUT2D eigenvalue weighted by Crippen LogP contribution is -2.70. The predicted molar refractivity (Wildman–Crippen MR) is 183 cm³/mol. The Morgan fingerprint density at radius 3 is 2.44 bits per heavy atom. The number of carbonyl (C=O) groups is 3. The van der Waals surface area contributed by atoms with Gasteiger partial charge in [0.2, 0.25) is 17.6 Å². The highest BCUT2D eigenvalue weighted by molar-refractivity contribution is 6.31. The minimum atomic E-state index is -1.33. The Hall–Kier alpha value is -4.39. The first kappa shape index (κ1) is 36.9. The van der Waals surface area contributed by atoms with Crippen molar-refractivity contribution in [1.82, 2.24) is 15.1 Å². The lowest BCUT2D eigenvalue weighted by Gasteiger charge is -2.48. The van der Waals surface area contributed by atoms with Crippen molar-refractivity contribution in [1.29, 1.82) is 0 Å². The van der Waals surface area contributed by atoms with Crippen LogP contribution in [-0.4, -0.2) is 76.6 Å². The first-order valence-electron chi connectivity index (χ1n) is 16.5. The SMILES string of the molecule is C[C@H](N)C(=O)N1C[C@@H]2CC(c3ccc(CCCOc4c(F)ccc(F)c4F)cc3)=C[C@@H](N2)C1C(=O)N(Cc1ccccc1Cl)C1CC1.O=CO. The number of hydrogen-bond acceptors (Lipinski definition) is 6. The highest BCUT2D eigenvalue weighted by Crippen LogP contribution is 2.35. The first-order chi connectivity index (χ1) is 24.0. The maximum Gasteiger partial charge on any atom is 0.290 e. The maximum absolute atomic E-state index is 14.4. The van der Waals surface area contributed by atoms with Gasteiger partial charge < -0.3 is 30.7 Å². The molecule has 2 heterocycles. The Morgan fingerprint density at radius 2 is 1.78 bits per heavy atom. The minimum Gasteiger partial charge on any atom is -0.488 e. The van der Waals surface area contributed by atoms with Crippen LogP contribution in [-0.2, 0) is 27.3 Å². The fourth-order valence-corrected chi connectivity index (χ4v) is 6.69. The van der Waals surface area contributed by atoms with Crippen LogP contribution in [0, 0.1) is 17.5 Å². The second-order valence-electron chi connectivity index (χ2n) is 12.7. The average molecular weight is 713 g/mol. The van der Waals surface area contributed by atoms with Crippen LogP contribution in [0.1, 0.15) is 49.3 Å². The number of nitrogens with two attached hydrogens (primary N) is 1. The van der Waals surface area contributed by atoms with Gasteiger partial charge in [0.15, 0.2) is 17.4 Å².